The molecule has 5 aliphatic rings. The molecule has 2 aliphatic carbocycles. The molecular weight excluding hydrogens is 538 g/mol. The van der Waals surface area contributed by atoms with E-state index in [-0.39, 0.29) is 5.78 Å². The topological polar surface area (TPSA) is 57.2 Å². The van der Waals surface area contributed by atoms with Crippen LogP contribution in [-0.4, -0.2) is 45.3 Å². The predicted molar refractivity (Wildman–Crippen MR) is 165 cm³/mol. The van der Waals surface area contributed by atoms with E-state index in [0.29, 0.717) is 6.42 Å². The van der Waals surface area contributed by atoms with E-state index in [2.05, 4.69) is 53.5 Å². The van der Waals surface area contributed by atoms with E-state index in [4.69, 9.17) is 18.9 Å². The Balaban J connectivity index is 1.43. The van der Waals surface area contributed by atoms with Gasteiger partial charge in [0.25, 0.3) is 0 Å². The van der Waals surface area contributed by atoms with Gasteiger partial charge in [-0.25, -0.2) is 0 Å². The highest BCUT2D eigenvalue weighted by molar-refractivity contribution is 6.12. The SMILES string of the molecule is COc1ccc(C2(c3ccc(N4CCOCC4)cc3)OC3C4=CC=COC4=c4ccccc4=C3C3=C2C=CCC3=O)cc1. The largest absolute Gasteiger partial charge is 0.497 e. The van der Waals surface area contributed by atoms with E-state index in [1.54, 1.807) is 13.4 Å². The van der Waals surface area contributed by atoms with Gasteiger partial charge < -0.3 is 23.8 Å². The van der Waals surface area contributed by atoms with E-state index in [1.165, 1.54) is 0 Å². The van der Waals surface area contributed by atoms with Crippen LogP contribution in [0.4, 0.5) is 5.69 Å². The quantitative estimate of drug-likeness (QED) is 0.463. The number of carbonyl (C=O) groups is 1. The molecule has 0 amide bonds. The van der Waals surface area contributed by atoms with Crippen LogP contribution in [0, 0.1) is 0 Å². The number of allylic oxidation sites excluding steroid dienone is 3. The molecule has 214 valence electrons. The van der Waals surface area contributed by atoms with Gasteiger partial charge in [0.05, 0.1) is 26.6 Å². The van der Waals surface area contributed by atoms with Gasteiger partial charge in [-0.3, -0.25) is 4.79 Å². The Labute approximate surface area is 250 Å². The molecule has 2 atom stereocenters. The van der Waals surface area contributed by atoms with Gasteiger partial charge in [0.2, 0.25) is 0 Å². The molecule has 0 radical (unpaired) electrons. The van der Waals surface area contributed by atoms with Crippen molar-refractivity contribution in [3.8, 4) is 5.75 Å². The first kappa shape index (κ1) is 26.0. The van der Waals surface area contributed by atoms with Crippen LogP contribution >= 0.6 is 0 Å². The maximum Gasteiger partial charge on any atom is 0.167 e. The van der Waals surface area contributed by atoms with Crippen LogP contribution in [-0.2, 0) is 24.6 Å². The number of Topliss-reactive ketones (excluding diaryl/α,β-unsaturated/α-hetero) is 1. The van der Waals surface area contributed by atoms with Gasteiger partial charge in [-0.15, -0.1) is 0 Å². The van der Waals surface area contributed by atoms with Crippen LogP contribution < -0.4 is 20.1 Å². The molecule has 0 aromatic heterocycles. The molecule has 43 heavy (non-hydrogen) atoms. The minimum atomic E-state index is -1.06. The number of fused-ring (bicyclic) bond motifs is 5. The monoisotopic (exact) mass is 569 g/mol. The number of morpholine rings is 1. The van der Waals surface area contributed by atoms with E-state index >= 15 is 0 Å². The second-order valence-corrected chi connectivity index (χ2v) is 11.2. The molecule has 3 aromatic carbocycles. The molecule has 1 saturated heterocycles. The van der Waals surface area contributed by atoms with Crippen molar-refractivity contribution in [3.05, 3.63) is 142 Å². The lowest BCUT2D eigenvalue weighted by molar-refractivity contribution is -0.115. The minimum absolute atomic E-state index is 0.0924. The fourth-order valence-corrected chi connectivity index (χ4v) is 7.04. The van der Waals surface area contributed by atoms with Gasteiger partial charge >= 0.3 is 0 Å². The summed E-state index contributed by atoms with van der Waals surface area (Å²) >= 11 is 0. The number of ether oxygens (including phenoxy) is 4. The molecule has 6 nitrogen and oxygen atoms in total. The fourth-order valence-electron chi connectivity index (χ4n) is 7.04. The molecule has 0 saturated carbocycles. The molecule has 0 bridgehead atoms. The first-order chi connectivity index (χ1) is 21.2. The van der Waals surface area contributed by atoms with E-state index in [9.17, 15) is 4.79 Å². The second kappa shape index (κ2) is 10.3. The van der Waals surface area contributed by atoms with Crippen molar-refractivity contribution in [2.45, 2.75) is 18.1 Å². The van der Waals surface area contributed by atoms with Crippen molar-refractivity contribution in [2.24, 2.45) is 0 Å². The molecular formula is C37H31NO5. The summed E-state index contributed by atoms with van der Waals surface area (Å²) in [4.78, 5) is 16.4. The van der Waals surface area contributed by atoms with Crippen LogP contribution in [0.15, 0.2) is 120 Å². The summed E-state index contributed by atoms with van der Waals surface area (Å²) in [6.07, 6.45) is 9.52. The van der Waals surface area contributed by atoms with E-state index < -0.39 is 11.7 Å². The molecule has 1 fully saturated rings. The number of rotatable bonds is 4. The lowest BCUT2D eigenvalue weighted by Crippen LogP contribution is -2.50. The number of carbonyl (C=O) groups excluding carboxylic acids is 1. The first-order valence-corrected chi connectivity index (χ1v) is 14.8. The lowest BCUT2D eigenvalue weighted by Gasteiger charge is -2.47. The van der Waals surface area contributed by atoms with Gasteiger partial charge in [-0.05, 0) is 52.8 Å². The van der Waals surface area contributed by atoms with Crippen LogP contribution in [0.5, 0.6) is 5.75 Å². The number of hydrogen-bond acceptors (Lipinski definition) is 6. The number of nitrogens with zero attached hydrogens (tertiary/aromatic N) is 1. The molecule has 3 aliphatic heterocycles. The average Bonchev–Trinajstić information content (AvgIpc) is 3.08. The van der Waals surface area contributed by atoms with Crippen LogP contribution in [0.2, 0.25) is 0 Å². The third kappa shape index (κ3) is 3.98. The van der Waals surface area contributed by atoms with Crippen molar-refractivity contribution < 1.29 is 23.7 Å². The number of anilines is 1. The zero-order chi connectivity index (χ0) is 29.0. The van der Waals surface area contributed by atoms with Gasteiger partial charge in [-0.2, -0.15) is 0 Å². The summed E-state index contributed by atoms with van der Waals surface area (Å²) in [5.41, 5.74) is 5.35. The maximum absolute atomic E-state index is 14.1. The lowest BCUT2D eigenvalue weighted by atomic mass is 9.69. The number of methoxy groups -OCH3 is 1. The normalized spacial score (nSPS) is 24.0. The van der Waals surface area contributed by atoms with Crippen LogP contribution in [0.3, 0.4) is 0 Å². The first-order valence-electron chi connectivity index (χ1n) is 14.8. The Kier molecular flexibility index (Phi) is 6.21. The summed E-state index contributed by atoms with van der Waals surface area (Å²) in [7, 11) is 1.66. The number of ketones is 1. The smallest absolute Gasteiger partial charge is 0.167 e. The third-order valence-electron chi connectivity index (χ3n) is 9.03. The summed E-state index contributed by atoms with van der Waals surface area (Å²) < 4.78 is 24.7. The second-order valence-electron chi connectivity index (χ2n) is 11.2. The molecule has 0 spiro atoms. The zero-order valence-electron chi connectivity index (χ0n) is 23.9. The molecule has 2 unspecified atom stereocenters. The molecule has 3 heterocycles. The third-order valence-corrected chi connectivity index (χ3v) is 9.03. The molecule has 6 heteroatoms. The van der Waals surface area contributed by atoms with Crippen molar-refractivity contribution in [3.63, 3.8) is 0 Å². The minimum Gasteiger partial charge on any atom is -0.497 e. The number of hydrogen-bond donors (Lipinski definition) is 0. The van der Waals surface area contributed by atoms with Crippen molar-refractivity contribution in [1.29, 1.82) is 0 Å². The van der Waals surface area contributed by atoms with Crippen molar-refractivity contribution in [2.75, 3.05) is 38.3 Å². The average molecular weight is 570 g/mol. The molecule has 8 rings (SSSR count). The zero-order valence-corrected chi connectivity index (χ0v) is 23.9. The maximum atomic E-state index is 14.1. The summed E-state index contributed by atoms with van der Waals surface area (Å²) in [6.45, 7) is 3.14. The summed E-state index contributed by atoms with van der Waals surface area (Å²) in [5.74, 6) is 1.61. The highest BCUT2D eigenvalue weighted by atomic mass is 16.5. The summed E-state index contributed by atoms with van der Waals surface area (Å²) in [6, 6.07) is 24.7. The van der Waals surface area contributed by atoms with Gasteiger partial charge in [0.15, 0.2) is 5.78 Å². The standard InChI is InChI=1S/C37H31NO5/c1-40-27-17-13-25(14-18-27)37(24-11-15-26(16-12-24)38-19-22-41-23-20-38)31-9-4-10-32(39)34(31)33-28-6-2-3-7-29(28)35-30(36(33)43-37)8-5-21-42-35/h2-9,11-18,21,36H,10,19-20,22-23H2,1H3. The highest BCUT2D eigenvalue weighted by Gasteiger charge is 2.51. The summed E-state index contributed by atoms with van der Waals surface area (Å²) in [5, 5.41) is 1.94. The Hall–Kier alpha value is -4.65. The molecule has 3 aromatic rings. The number of benzene rings is 3. The Morgan fingerprint density at radius 1 is 0.907 bits per heavy atom. The predicted octanol–water partition coefficient (Wildman–Crippen LogP) is 4.44. The van der Waals surface area contributed by atoms with Crippen LogP contribution in [0.1, 0.15) is 17.5 Å². The Bertz CT molecular complexity index is 1870. The van der Waals surface area contributed by atoms with Gasteiger partial charge in [-0.1, -0.05) is 60.7 Å². The van der Waals surface area contributed by atoms with Gasteiger partial charge in [0.1, 0.15) is 23.2 Å². The highest BCUT2D eigenvalue weighted by Crippen LogP contribution is 2.53. The van der Waals surface area contributed by atoms with Crippen LogP contribution in [0.25, 0.3) is 11.3 Å². The van der Waals surface area contributed by atoms with Crippen molar-refractivity contribution in [1.82, 2.24) is 0 Å². The fraction of sp³-hybridized carbons (Fsp3) is 0.216. The molecule has 0 N–H and O–H groups in total. The van der Waals surface area contributed by atoms with E-state index in [0.717, 1.165) is 87.4 Å². The van der Waals surface area contributed by atoms with E-state index in [1.807, 2.05) is 48.6 Å². The van der Waals surface area contributed by atoms with Crippen molar-refractivity contribution >= 4 is 22.8 Å². The van der Waals surface area contributed by atoms with Gasteiger partial charge in [0, 0.05) is 52.7 Å². The Morgan fingerprint density at radius 3 is 2.37 bits per heavy atom. The Morgan fingerprint density at radius 2 is 1.63 bits per heavy atom.